The molecule has 116 valence electrons. The lowest BCUT2D eigenvalue weighted by molar-refractivity contribution is 0.580. The molecule has 0 bridgehead atoms. The lowest BCUT2D eigenvalue weighted by Gasteiger charge is -2.09. The van der Waals surface area contributed by atoms with Crippen molar-refractivity contribution in [1.82, 2.24) is 24.9 Å². The molecule has 0 saturated carbocycles. The predicted molar refractivity (Wildman–Crippen MR) is 88.3 cm³/mol. The van der Waals surface area contributed by atoms with Crippen LogP contribution >= 0.6 is 0 Å². The number of hydrogen-bond acceptors (Lipinski definition) is 7. The average Bonchev–Trinajstić information content (AvgIpc) is 3.18. The Kier molecular flexibility index (Phi) is 3.65. The Morgan fingerprint density at radius 3 is 2.67 bits per heavy atom. The van der Waals surface area contributed by atoms with Crippen LogP contribution in [0.3, 0.4) is 0 Å². The maximum absolute atomic E-state index is 5.51. The lowest BCUT2D eigenvalue weighted by Crippen LogP contribution is -2.01. The normalized spacial score (nSPS) is 10.5. The van der Waals surface area contributed by atoms with E-state index in [2.05, 4.69) is 30.2 Å². The smallest absolute Gasteiger partial charge is 0.229 e. The fourth-order valence-electron chi connectivity index (χ4n) is 2.23. The van der Waals surface area contributed by atoms with Gasteiger partial charge in [-0.05, 0) is 30.3 Å². The molecule has 0 saturated heterocycles. The first-order chi connectivity index (χ1) is 11.9. The van der Waals surface area contributed by atoms with Gasteiger partial charge in [0.25, 0.3) is 0 Å². The van der Waals surface area contributed by atoms with E-state index < -0.39 is 0 Å². The quantitative estimate of drug-likeness (QED) is 0.617. The van der Waals surface area contributed by atoms with Crippen molar-refractivity contribution in [2.75, 3.05) is 5.32 Å². The van der Waals surface area contributed by atoms with E-state index in [1.807, 2.05) is 30.3 Å². The monoisotopic (exact) mass is 316 g/mol. The van der Waals surface area contributed by atoms with Crippen LogP contribution in [0.1, 0.15) is 0 Å². The van der Waals surface area contributed by atoms with Gasteiger partial charge >= 0.3 is 0 Å². The molecule has 0 unspecified atom stereocenters. The molecule has 7 heteroatoms. The number of hydrogen-bond donors (Lipinski definition) is 1. The third-order valence-corrected chi connectivity index (χ3v) is 3.31. The van der Waals surface area contributed by atoms with Gasteiger partial charge in [-0.3, -0.25) is 0 Å². The Morgan fingerprint density at radius 2 is 1.92 bits per heavy atom. The summed E-state index contributed by atoms with van der Waals surface area (Å²) in [5, 5.41) is 3.08. The molecule has 0 radical (unpaired) electrons. The highest BCUT2D eigenvalue weighted by atomic mass is 16.3. The van der Waals surface area contributed by atoms with Crippen LogP contribution in [0, 0.1) is 0 Å². The first-order valence-corrected chi connectivity index (χ1v) is 7.25. The number of nitrogens with zero attached hydrogens (tertiary/aromatic N) is 5. The molecule has 0 fully saturated rings. The summed E-state index contributed by atoms with van der Waals surface area (Å²) in [6, 6.07) is 11.0. The molecule has 7 nitrogen and oxygen atoms in total. The van der Waals surface area contributed by atoms with Crippen LogP contribution in [0.2, 0.25) is 0 Å². The molecule has 4 heterocycles. The minimum atomic E-state index is 0.429. The third kappa shape index (κ3) is 2.82. The SMILES string of the molecule is c1ccc(Nc2ncc(-c3ccncn3)c(-c3ccco3)n2)nc1. The van der Waals surface area contributed by atoms with Gasteiger partial charge in [-0.1, -0.05) is 6.07 Å². The molecule has 1 N–H and O–H groups in total. The predicted octanol–water partition coefficient (Wildman–Crippen LogP) is 3.33. The maximum Gasteiger partial charge on any atom is 0.229 e. The van der Waals surface area contributed by atoms with Crippen LogP contribution in [0.4, 0.5) is 11.8 Å². The van der Waals surface area contributed by atoms with E-state index in [-0.39, 0.29) is 0 Å². The van der Waals surface area contributed by atoms with E-state index in [1.54, 1.807) is 30.9 Å². The summed E-state index contributed by atoms with van der Waals surface area (Å²) < 4.78 is 5.51. The second-order valence-corrected chi connectivity index (χ2v) is 4.87. The van der Waals surface area contributed by atoms with Crippen LogP contribution in [-0.2, 0) is 0 Å². The molecule has 0 atom stereocenters. The van der Waals surface area contributed by atoms with E-state index in [0.29, 0.717) is 23.2 Å². The van der Waals surface area contributed by atoms with Crippen molar-refractivity contribution < 1.29 is 4.42 Å². The molecular weight excluding hydrogens is 304 g/mol. The molecule has 24 heavy (non-hydrogen) atoms. The second kappa shape index (κ2) is 6.25. The summed E-state index contributed by atoms with van der Waals surface area (Å²) in [7, 11) is 0. The zero-order valence-electron chi connectivity index (χ0n) is 12.5. The lowest BCUT2D eigenvalue weighted by atomic mass is 10.1. The second-order valence-electron chi connectivity index (χ2n) is 4.87. The van der Waals surface area contributed by atoms with Crippen molar-refractivity contribution in [2.45, 2.75) is 0 Å². The first-order valence-electron chi connectivity index (χ1n) is 7.25. The van der Waals surface area contributed by atoms with E-state index in [0.717, 1.165) is 11.3 Å². The van der Waals surface area contributed by atoms with E-state index in [4.69, 9.17) is 4.42 Å². The van der Waals surface area contributed by atoms with E-state index >= 15 is 0 Å². The summed E-state index contributed by atoms with van der Waals surface area (Å²) in [6.07, 6.45) is 8.17. The van der Waals surface area contributed by atoms with Crippen LogP contribution in [-0.4, -0.2) is 24.9 Å². The van der Waals surface area contributed by atoms with Crippen molar-refractivity contribution in [3.05, 3.63) is 67.6 Å². The molecule has 0 spiro atoms. The van der Waals surface area contributed by atoms with E-state index in [9.17, 15) is 0 Å². The van der Waals surface area contributed by atoms with Crippen molar-refractivity contribution in [2.24, 2.45) is 0 Å². The van der Waals surface area contributed by atoms with Gasteiger partial charge in [-0.15, -0.1) is 0 Å². The Morgan fingerprint density at radius 1 is 0.917 bits per heavy atom. The number of furan rings is 1. The van der Waals surface area contributed by atoms with E-state index in [1.165, 1.54) is 6.33 Å². The summed E-state index contributed by atoms with van der Waals surface area (Å²) in [4.78, 5) is 21.3. The third-order valence-electron chi connectivity index (χ3n) is 3.31. The highest BCUT2D eigenvalue weighted by Crippen LogP contribution is 2.30. The van der Waals surface area contributed by atoms with Gasteiger partial charge in [0.05, 0.1) is 12.0 Å². The van der Waals surface area contributed by atoms with Gasteiger partial charge in [0.1, 0.15) is 17.8 Å². The van der Waals surface area contributed by atoms with Crippen LogP contribution < -0.4 is 5.32 Å². The Labute approximate surface area is 137 Å². The average molecular weight is 316 g/mol. The fourth-order valence-corrected chi connectivity index (χ4v) is 2.23. The molecule has 0 aliphatic rings. The highest BCUT2D eigenvalue weighted by Gasteiger charge is 2.15. The van der Waals surface area contributed by atoms with Crippen LogP contribution in [0.15, 0.2) is 72.0 Å². The largest absolute Gasteiger partial charge is 0.463 e. The van der Waals surface area contributed by atoms with Crippen molar-refractivity contribution in [3.63, 3.8) is 0 Å². The van der Waals surface area contributed by atoms with Gasteiger partial charge < -0.3 is 9.73 Å². The van der Waals surface area contributed by atoms with Crippen molar-refractivity contribution >= 4 is 11.8 Å². The standard InChI is InChI=1S/C17H12N6O/c1-2-7-19-15(5-1)22-17-20-10-12(13-6-8-18-11-21-13)16(23-17)14-4-3-9-24-14/h1-11H,(H,19,20,22,23). The van der Waals surface area contributed by atoms with Crippen molar-refractivity contribution in [3.8, 4) is 22.7 Å². The molecule has 4 rings (SSSR count). The van der Waals surface area contributed by atoms with Gasteiger partial charge in [-0.25, -0.2) is 24.9 Å². The topological polar surface area (TPSA) is 89.6 Å². The zero-order valence-corrected chi connectivity index (χ0v) is 12.5. The molecule has 4 aromatic heterocycles. The summed E-state index contributed by atoms with van der Waals surface area (Å²) >= 11 is 0. The Bertz CT molecular complexity index is 926. The maximum atomic E-state index is 5.51. The molecule has 0 aliphatic carbocycles. The molecule has 0 amide bonds. The van der Waals surface area contributed by atoms with Gasteiger partial charge in [0.2, 0.25) is 5.95 Å². The molecular formula is C17H12N6O. The Balaban J connectivity index is 1.78. The van der Waals surface area contributed by atoms with Gasteiger partial charge in [-0.2, -0.15) is 0 Å². The first kappa shape index (κ1) is 14.0. The number of aromatic nitrogens is 5. The van der Waals surface area contributed by atoms with Crippen LogP contribution in [0.5, 0.6) is 0 Å². The number of anilines is 2. The number of nitrogens with one attached hydrogen (secondary N) is 1. The number of rotatable bonds is 4. The minimum absolute atomic E-state index is 0.429. The van der Waals surface area contributed by atoms with Crippen molar-refractivity contribution in [1.29, 1.82) is 0 Å². The molecule has 0 aromatic carbocycles. The van der Waals surface area contributed by atoms with Gasteiger partial charge in [0.15, 0.2) is 5.76 Å². The van der Waals surface area contributed by atoms with Crippen LogP contribution in [0.25, 0.3) is 22.7 Å². The summed E-state index contributed by atoms with van der Waals surface area (Å²) in [6.45, 7) is 0. The van der Waals surface area contributed by atoms with Gasteiger partial charge in [0, 0.05) is 24.2 Å². The summed E-state index contributed by atoms with van der Waals surface area (Å²) in [5.41, 5.74) is 2.13. The molecule has 4 aromatic rings. The number of pyridine rings is 1. The highest BCUT2D eigenvalue weighted by molar-refractivity contribution is 5.76. The minimum Gasteiger partial charge on any atom is -0.463 e. The summed E-state index contributed by atoms with van der Waals surface area (Å²) in [5.74, 6) is 1.73. The zero-order chi connectivity index (χ0) is 16.2. The fraction of sp³-hybridized carbons (Fsp3) is 0. The molecule has 0 aliphatic heterocycles. The Hall–Kier alpha value is -3.61.